The molecule has 2 aromatic carbocycles. The number of hydrogen-bond acceptors (Lipinski definition) is 4. The lowest BCUT2D eigenvalue weighted by molar-refractivity contribution is -0.116. The summed E-state index contributed by atoms with van der Waals surface area (Å²) in [5, 5.41) is 2.91. The summed E-state index contributed by atoms with van der Waals surface area (Å²) in [7, 11) is -0.159. The van der Waals surface area contributed by atoms with Gasteiger partial charge in [0.25, 0.3) is 0 Å². The van der Waals surface area contributed by atoms with Crippen molar-refractivity contribution >= 4 is 21.6 Å². The zero-order valence-corrected chi connectivity index (χ0v) is 19.5. The zero-order valence-electron chi connectivity index (χ0n) is 18.7. The summed E-state index contributed by atoms with van der Waals surface area (Å²) in [5.74, 6) is -0.356. The van der Waals surface area contributed by atoms with E-state index in [1.165, 1.54) is 39.2 Å². The third-order valence-electron chi connectivity index (χ3n) is 6.00. The average molecular weight is 444 g/mol. The fourth-order valence-corrected chi connectivity index (χ4v) is 5.19. The highest BCUT2D eigenvalue weighted by Crippen LogP contribution is 2.25. The third-order valence-corrected chi connectivity index (χ3v) is 7.82. The number of nitrogens with one attached hydrogen (secondary N) is 1. The molecule has 7 heteroatoms. The Hall–Kier alpha value is -2.22. The molecule has 0 heterocycles. The molecule has 0 spiro atoms. The van der Waals surface area contributed by atoms with Crippen LogP contribution in [-0.4, -0.2) is 50.2 Å². The molecule has 1 N–H and O–H groups in total. The van der Waals surface area contributed by atoms with Gasteiger partial charge >= 0.3 is 0 Å². The number of rotatable bonds is 8. The molecular formula is C24H33N3O3S. The van der Waals surface area contributed by atoms with Gasteiger partial charge in [-0.25, -0.2) is 8.42 Å². The first-order valence-electron chi connectivity index (χ1n) is 10.9. The summed E-state index contributed by atoms with van der Waals surface area (Å²) in [4.78, 5) is 15.2. The van der Waals surface area contributed by atoms with Crippen LogP contribution in [0, 0.1) is 6.92 Å². The summed E-state index contributed by atoms with van der Waals surface area (Å²) in [6.45, 7) is 2.40. The van der Waals surface area contributed by atoms with Gasteiger partial charge in [0.1, 0.15) is 0 Å². The van der Waals surface area contributed by atoms with E-state index < -0.39 is 10.0 Å². The summed E-state index contributed by atoms with van der Waals surface area (Å²) in [5.41, 5.74) is 2.75. The van der Waals surface area contributed by atoms with E-state index in [-0.39, 0.29) is 17.3 Å². The number of anilines is 1. The third kappa shape index (κ3) is 6.15. The van der Waals surface area contributed by atoms with E-state index in [9.17, 15) is 13.2 Å². The molecule has 168 valence electrons. The molecule has 3 rings (SSSR count). The second-order valence-electron chi connectivity index (χ2n) is 8.49. The number of carbonyl (C=O) groups excluding carboxylic acids is 1. The molecule has 0 unspecified atom stereocenters. The van der Waals surface area contributed by atoms with Crippen molar-refractivity contribution < 1.29 is 13.2 Å². The van der Waals surface area contributed by atoms with Crippen LogP contribution in [0.25, 0.3) is 0 Å². The van der Waals surface area contributed by atoms with Crippen molar-refractivity contribution in [1.82, 2.24) is 9.21 Å². The van der Waals surface area contributed by atoms with Crippen LogP contribution in [0.5, 0.6) is 0 Å². The lowest BCUT2D eigenvalue weighted by atomic mass is 9.94. The van der Waals surface area contributed by atoms with E-state index in [0.717, 1.165) is 27.7 Å². The SMILES string of the molecule is Cc1ccc(S(=O)(=O)N(C)CC(=O)Nc2ccccc2CN(C)C2CCCCC2)cc1. The fraction of sp³-hybridized carbons (Fsp3) is 0.458. The molecule has 2 aromatic rings. The van der Waals surface area contributed by atoms with Crippen molar-refractivity contribution in [3.63, 3.8) is 0 Å². The minimum atomic E-state index is -3.72. The summed E-state index contributed by atoms with van der Waals surface area (Å²) in [6.07, 6.45) is 6.29. The molecular weight excluding hydrogens is 410 g/mol. The molecule has 0 atom stereocenters. The normalized spacial score (nSPS) is 15.4. The summed E-state index contributed by atoms with van der Waals surface area (Å²) >= 11 is 0. The molecule has 31 heavy (non-hydrogen) atoms. The molecule has 0 aliphatic heterocycles. The van der Waals surface area contributed by atoms with Crippen LogP contribution in [0.4, 0.5) is 5.69 Å². The molecule has 0 aromatic heterocycles. The molecule has 1 aliphatic carbocycles. The predicted molar refractivity (Wildman–Crippen MR) is 124 cm³/mol. The first-order chi connectivity index (χ1) is 14.8. The molecule has 1 saturated carbocycles. The summed E-state index contributed by atoms with van der Waals surface area (Å²) < 4.78 is 26.6. The smallest absolute Gasteiger partial charge is 0.243 e. The second kappa shape index (κ2) is 10.4. The highest BCUT2D eigenvalue weighted by molar-refractivity contribution is 7.89. The fourth-order valence-electron chi connectivity index (χ4n) is 4.07. The maximum atomic E-state index is 12.8. The Morgan fingerprint density at radius 1 is 1.00 bits per heavy atom. The number of hydrogen-bond donors (Lipinski definition) is 1. The van der Waals surface area contributed by atoms with Gasteiger partial charge in [-0.3, -0.25) is 9.69 Å². The number of sulfonamides is 1. The van der Waals surface area contributed by atoms with Gasteiger partial charge in [-0.1, -0.05) is 55.2 Å². The number of amides is 1. The maximum absolute atomic E-state index is 12.8. The lowest BCUT2D eigenvalue weighted by Gasteiger charge is -2.31. The molecule has 1 fully saturated rings. The molecule has 1 aliphatic rings. The number of nitrogens with zero attached hydrogens (tertiary/aromatic N) is 2. The predicted octanol–water partition coefficient (Wildman–Crippen LogP) is 4.02. The second-order valence-corrected chi connectivity index (χ2v) is 10.5. The van der Waals surface area contributed by atoms with Crippen LogP contribution in [-0.2, 0) is 21.4 Å². The number of carbonyl (C=O) groups is 1. The summed E-state index contributed by atoms with van der Waals surface area (Å²) in [6, 6.07) is 14.9. The van der Waals surface area contributed by atoms with E-state index in [1.807, 2.05) is 31.2 Å². The molecule has 0 saturated heterocycles. The van der Waals surface area contributed by atoms with Crippen LogP contribution in [0.1, 0.15) is 43.2 Å². The Morgan fingerprint density at radius 2 is 1.65 bits per heavy atom. The monoisotopic (exact) mass is 443 g/mol. The van der Waals surface area contributed by atoms with Gasteiger partial charge in [0.05, 0.1) is 11.4 Å². The van der Waals surface area contributed by atoms with Gasteiger partial charge in [-0.15, -0.1) is 0 Å². The quantitative estimate of drug-likeness (QED) is 0.669. The van der Waals surface area contributed by atoms with Crippen molar-refractivity contribution in [2.45, 2.75) is 56.5 Å². The highest BCUT2D eigenvalue weighted by atomic mass is 32.2. The maximum Gasteiger partial charge on any atom is 0.243 e. The molecule has 1 amide bonds. The Morgan fingerprint density at radius 3 is 2.32 bits per heavy atom. The standard InChI is InChI=1S/C24H33N3O3S/c1-19-13-15-22(16-14-19)31(29,30)27(3)18-24(28)25-23-12-8-7-9-20(23)17-26(2)21-10-5-4-6-11-21/h7-9,12-16,21H,4-6,10-11,17-18H2,1-3H3,(H,25,28). The minimum Gasteiger partial charge on any atom is -0.325 e. The van der Waals surface area contributed by atoms with E-state index in [1.54, 1.807) is 24.3 Å². The highest BCUT2D eigenvalue weighted by Gasteiger charge is 2.23. The van der Waals surface area contributed by atoms with E-state index in [0.29, 0.717) is 6.04 Å². The van der Waals surface area contributed by atoms with Crippen molar-refractivity contribution in [3.05, 3.63) is 59.7 Å². The number of likely N-dealkylation sites (N-methyl/N-ethyl adjacent to an activating group) is 1. The molecule has 0 bridgehead atoms. The molecule has 0 radical (unpaired) electrons. The van der Waals surface area contributed by atoms with Crippen LogP contribution < -0.4 is 5.32 Å². The number of aryl methyl sites for hydroxylation is 1. The zero-order chi connectivity index (χ0) is 22.4. The Kier molecular flexibility index (Phi) is 7.86. The largest absolute Gasteiger partial charge is 0.325 e. The van der Waals surface area contributed by atoms with Crippen LogP contribution in [0.15, 0.2) is 53.4 Å². The van der Waals surface area contributed by atoms with Gasteiger partial charge in [0.15, 0.2) is 0 Å². The van der Waals surface area contributed by atoms with E-state index in [2.05, 4.69) is 17.3 Å². The topological polar surface area (TPSA) is 69.7 Å². The minimum absolute atomic E-state index is 0.183. The van der Waals surface area contributed by atoms with Gasteiger partial charge in [0, 0.05) is 25.3 Å². The van der Waals surface area contributed by atoms with Gasteiger partial charge in [0.2, 0.25) is 15.9 Å². The van der Waals surface area contributed by atoms with Gasteiger partial charge < -0.3 is 5.32 Å². The van der Waals surface area contributed by atoms with Gasteiger partial charge in [-0.05, 0) is 50.6 Å². The van der Waals surface area contributed by atoms with Crippen molar-refractivity contribution in [2.24, 2.45) is 0 Å². The van der Waals surface area contributed by atoms with Crippen molar-refractivity contribution in [1.29, 1.82) is 0 Å². The van der Waals surface area contributed by atoms with Crippen molar-refractivity contribution in [2.75, 3.05) is 26.0 Å². The molecule has 6 nitrogen and oxygen atoms in total. The first kappa shape index (κ1) is 23.4. The number of para-hydroxylation sites is 1. The van der Waals surface area contributed by atoms with Crippen LogP contribution in [0.2, 0.25) is 0 Å². The van der Waals surface area contributed by atoms with Crippen molar-refractivity contribution in [3.8, 4) is 0 Å². The number of benzene rings is 2. The lowest BCUT2D eigenvalue weighted by Crippen LogP contribution is -2.35. The Bertz CT molecular complexity index is 983. The average Bonchev–Trinajstić information content (AvgIpc) is 2.76. The Balaban J connectivity index is 1.64. The first-order valence-corrected chi connectivity index (χ1v) is 12.3. The van der Waals surface area contributed by atoms with Crippen LogP contribution >= 0.6 is 0 Å². The van der Waals surface area contributed by atoms with Gasteiger partial charge in [-0.2, -0.15) is 4.31 Å². The van der Waals surface area contributed by atoms with E-state index in [4.69, 9.17) is 0 Å². The Labute approximate surface area is 186 Å². The van der Waals surface area contributed by atoms with E-state index >= 15 is 0 Å². The van der Waals surface area contributed by atoms with Crippen LogP contribution in [0.3, 0.4) is 0 Å².